The fraction of sp³-hybridized carbons (Fsp3) is 0.375. The predicted molar refractivity (Wildman–Crippen MR) is 74.7 cm³/mol. The summed E-state index contributed by atoms with van der Waals surface area (Å²) >= 11 is 0. The summed E-state index contributed by atoms with van der Waals surface area (Å²) in [6.07, 6.45) is 2.33. The highest BCUT2D eigenvalue weighted by molar-refractivity contribution is 5.36. The highest BCUT2D eigenvalue weighted by atomic mass is 19.1. The second kappa shape index (κ2) is 6.18. The van der Waals surface area contributed by atoms with E-state index in [1.165, 1.54) is 0 Å². The van der Waals surface area contributed by atoms with Gasteiger partial charge in [0, 0.05) is 23.6 Å². The van der Waals surface area contributed by atoms with Crippen molar-refractivity contribution in [3.05, 3.63) is 58.5 Å². The molecule has 1 aromatic carbocycles. The molecular formula is C16H19F2NO. The van der Waals surface area contributed by atoms with E-state index in [0.29, 0.717) is 17.7 Å². The third-order valence-electron chi connectivity index (χ3n) is 3.41. The van der Waals surface area contributed by atoms with E-state index in [0.717, 1.165) is 23.8 Å². The first-order valence-corrected chi connectivity index (χ1v) is 6.83. The van der Waals surface area contributed by atoms with E-state index >= 15 is 0 Å². The molecule has 1 N–H and O–H groups in total. The van der Waals surface area contributed by atoms with Crippen molar-refractivity contribution in [2.75, 3.05) is 6.54 Å². The van der Waals surface area contributed by atoms with Crippen LogP contribution in [0.2, 0.25) is 0 Å². The maximum absolute atomic E-state index is 14.1. The molecule has 0 radical (unpaired) electrons. The highest BCUT2D eigenvalue weighted by Gasteiger charge is 2.22. The molecule has 1 heterocycles. The molecule has 0 saturated heterocycles. The Hall–Kier alpha value is -1.68. The molecule has 0 aliphatic carbocycles. The quantitative estimate of drug-likeness (QED) is 0.890. The van der Waals surface area contributed by atoms with Crippen LogP contribution >= 0.6 is 0 Å². The van der Waals surface area contributed by atoms with Crippen LogP contribution in [0.25, 0.3) is 0 Å². The summed E-state index contributed by atoms with van der Waals surface area (Å²) in [5.41, 5.74) is 1.78. The molecule has 108 valence electrons. The van der Waals surface area contributed by atoms with Gasteiger partial charge in [-0.15, -0.1) is 0 Å². The summed E-state index contributed by atoms with van der Waals surface area (Å²) in [5.74, 6) is -0.246. The topological polar surface area (TPSA) is 25.2 Å². The van der Waals surface area contributed by atoms with Crippen molar-refractivity contribution in [1.82, 2.24) is 5.32 Å². The molecule has 0 bridgehead atoms. The molecule has 0 amide bonds. The van der Waals surface area contributed by atoms with Gasteiger partial charge in [0.15, 0.2) is 0 Å². The fourth-order valence-corrected chi connectivity index (χ4v) is 2.39. The first-order valence-electron chi connectivity index (χ1n) is 6.83. The predicted octanol–water partition coefficient (Wildman–Crippen LogP) is 4.13. The molecule has 0 spiro atoms. The van der Waals surface area contributed by atoms with Gasteiger partial charge in [0.05, 0.1) is 12.3 Å². The summed E-state index contributed by atoms with van der Waals surface area (Å²) < 4.78 is 33.0. The SMILES string of the molecule is CCNC(c1cc(C)c(F)cc1F)c1ccoc1CC. The van der Waals surface area contributed by atoms with Crippen LogP contribution in [0.5, 0.6) is 0 Å². The Bertz CT molecular complexity index is 592. The van der Waals surface area contributed by atoms with E-state index in [1.807, 2.05) is 19.9 Å². The van der Waals surface area contributed by atoms with Crippen LogP contribution in [0.4, 0.5) is 8.78 Å². The van der Waals surface area contributed by atoms with Crippen molar-refractivity contribution >= 4 is 0 Å². The van der Waals surface area contributed by atoms with Crippen LogP contribution in [0, 0.1) is 18.6 Å². The number of hydrogen-bond donors (Lipinski definition) is 1. The number of rotatable bonds is 5. The van der Waals surface area contributed by atoms with Gasteiger partial charge >= 0.3 is 0 Å². The van der Waals surface area contributed by atoms with Gasteiger partial charge < -0.3 is 9.73 Å². The first kappa shape index (κ1) is 14.7. The molecule has 0 saturated carbocycles. The Balaban J connectivity index is 2.51. The van der Waals surface area contributed by atoms with Crippen LogP contribution in [0.15, 0.2) is 28.9 Å². The molecule has 1 atom stereocenters. The molecule has 2 aromatic rings. The first-order chi connectivity index (χ1) is 9.58. The van der Waals surface area contributed by atoms with Gasteiger partial charge in [0.2, 0.25) is 0 Å². The minimum absolute atomic E-state index is 0.326. The van der Waals surface area contributed by atoms with Crippen LogP contribution in [-0.4, -0.2) is 6.54 Å². The van der Waals surface area contributed by atoms with Gasteiger partial charge in [0.1, 0.15) is 17.4 Å². The summed E-state index contributed by atoms with van der Waals surface area (Å²) in [6, 6.07) is 4.02. The molecule has 1 aromatic heterocycles. The fourth-order valence-electron chi connectivity index (χ4n) is 2.39. The molecular weight excluding hydrogens is 260 g/mol. The monoisotopic (exact) mass is 279 g/mol. The van der Waals surface area contributed by atoms with Gasteiger partial charge in [-0.05, 0) is 31.2 Å². The Morgan fingerprint density at radius 3 is 2.55 bits per heavy atom. The third-order valence-corrected chi connectivity index (χ3v) is 3.41. The Kier molecular flexibility index (Phi) is 4.55. The standard InChI is InChI=1S/C16H19F2NO/c1-4-15-11(6-7-20-15)16(19-5-2)12-8-10(3)13(17)9-14(12)18/h6-9,16,19H,4-5H2,1-3H3. The summed E-state index contributed by atoms with van der Waals surface area (Å²) in [4.78, 5) is 0. The lowest BCUT2D eigenvalue weighted by molar-refractivity contribution is 0.495. The number of furan rings is 1. The van der Waals surface area contributed by atoms with Crippen LogP contribution in [-0.2, 0) is 6.42 Å². The summed E-state index contributed by atoms with van der Waals surface area (Å²) in [7, 11) is 0. The average molecular weight is 279 g/mol. The lowest BCUT2D eigenvalue weighted by atomic mass is 9.96. The van der Waals surface area contributed by atoms with Gasteiger partial charge in [-0.25, -0.2) is 8.78 Å². The van der Waals surface area contributed by atoms with Crippen molar-refractivity contribution in [2.45, 2.75) is 33.2 Å². The van der Waals surface area contributed by atoms with E-state index in [2.05, 4.69) is 5.32 Å². The van der Waals surface area contributed by atoms with Gasteiger partial charge in [-0.1, -0.05) is 13.8 Å². The van der Waals surface area contributed by atoms with Gasteiger partial charge in [0.25, 0.3) is 0 Å². The molecule has 0 aliphatic rings. The molecule has 2 rings (SSSR count). The number of halogens is 2. The molecule has 0 aliphatic heterocycles. The van der Waals surface area contributed by atoms with Crippen molar-refractivity contribution in [3.63, 3.8) is 0 Å². The normalized spacial score (nSPS) is 12.7. The maximum atomic E-state index is 14.1. The molecule has 1 unspecified atom stereocenters. The Labute approximate surface area is 117 Å². The third kappa shape index (κ3) is 2.75. The zero-order valence-corrected chi connectivity index (χ0v) is 12.0. The Morgan fingerprint density at radius 2 is 1.90 bits per heavy atom. The van der Waals surface area contributed by atoms with E-state index in [-0.39, 0.29) is 6.04 Å². The number of nitrogens with one attached hydrogen (secondary N) is 1. The zero-order chi connectivity index (χ0) is 14.7. The largest absolute Gasteiger partial charge is 0.469 e. The van der Waals surface area contributed by atoms with Crippen LogP contribution in [0.1, 0.15) is 42.3 Å². The second-order valence-corrected chi connectivity index (χ2v) is 4.77. The molecule has 2 nitrogen and oxygen atoms in total. The lowest BCUT2D eigenvalue weighted by Crippen LogP contribution is -2.23. The minimum atomic E-state index is -0.540. The van der Waals surface area contributed by atoms with Crippen LogP contribution < -0.4 is 5.32 Å². The van der Waals surface area contributed by atoms with E-state index in [1.54, 1.807) is 19.3 Å². The second-order valence-electron chi connectivity index (χ2n) is 4.77. The van der Waals surface area contributed by atoms with Gasteiger partial charge in [-0.2, -0.15) is 0 Å². The number of benzene rings is 1. The summed E-state index contributed by atoms with van der Waals surface area (Å²) in [5, 5.41) is 3.24. The number of aryl methyl sites for hydroxylation is 2. The molecule has 0 fully saturated rings. The maximum Gasteiger partial charge on any atom is 0.131 e. The Morgan fingerprint density at radius 1 is 1.15 bits per heavy atom. The highest BCUT2D eigenvalue weighted by Crippen LogP contribution is 2.29. The van der Waals surface area contributed by atoms with Crippen molar-refractivity contribution in [1.29, 1.82) is 0 Å². The minimum Gasteiger partial charge on any atom is -0.469 e. The lowest BCUT2D eigenvalue weighted by Gasteiger charge is -2.20. The van der Waals surface area contributed by atoms with Gasteiger partial charge in [-0.3, -0.25) is 0 Å². The van der Waals surface area contributed by atoms with E-state index < -0.39 is 11.6 Å². The summed E-state index contributed by atoms with van der Waals surface area (Å²) in [6.45, 7) is 6.25. The zero-order valence-electron chi connectivity index (χ0n) is 12.0. The smallest absolute Gasteiger partial charge is 0.131 e. The molecule has 20 heavy (non-hydrogen) atoms. The van der Waals surface area contributed by atoms with Crippen molar-refractivity contribution in [2.24, 2.45) is 0 Å². The number of hydrogen-bond acceptors (Lipinski definition) is 2. The van der Waals surface area contributed by atoms with Crippen molar-refractivity contribution < 1.29 is 13.2 Å². The van der Waals surface area contributed by atoms with E-state index in [4.69, 9.17) is 4.42 Å². The van der Waals surface area contributed by atoms with Crippen molar-refractivity contribution in [3.8, 4) is 0 Å². The van der Waals surface area contributed by atoms with E-state index in [9.17, 15) is 8.78 Å². The van der Waals surface area contributed by atoms with Crippen LogP contribution in [0.3, 0.4) is 0 Å². The average Bonchev–Trinajstić information content (AvgIpc) is 2.88. The molecule has 4 heteroatoms.